The molecule has 0 N–H and O–H groups in total. The van der Waals surface area contributed by atoms with E-state index in [1.807, 2.05) is 73.1 Å². The van der Waals surface area contributed by atoms with Gasteiger partial charge in [-0.05, 0) is 60.9 Å². The molecule has 0 saturated carbocycles. The average Bonchev–Trinajstić information content (AvgIpc) is 3.21. The number of hydrogen-bond donors (Lipinski definition) is 0. The first kappa shape index (κ1) is 22.1. The summed E-state index contributed by atoms with van der Waals surface area (Å²) in [5.41, 5.74) is 4.25. The number of nitriles is 1. The predicted molar refractivity (Wildman–Crippen MR) is 136 cm³/mol. The SMILES string of the molecule is CCc1ccc(Oc2nc3c(C)cccn3c(=O)c2/C=C(\C#N)c2nc3ccccc3n2C)cc1. The number of hydrogen-bond acceptors (Lipinski definition) is 5. The third kappa shape index (κ3) is 3.96. The molecule has 0 spiro atoms. The Labute approximate surface area is 202 Å². The highest BCUT2D eigenvalue weighted by molar-refractivity contribution is 5.91. The number of allylic oxidation sites excluding steroid dienone is 1. The summed E-state index contributed by atoms with van der Waals surface area (Å²) in [7, 11) is 1.84. The van der Waals surface area contributed by atoms with E-state index in [4.69, 9.17) is 4.74 Å². The number of pyridine rings is 1. The van der Waals surface area contributed by atoms with Crippen molar-refractivity contribution < 1.29 is 4.74 Å². The highest BCUT2D eigenvalue weighted by Crippen LogP contribution is 2.27. The van der Waals surface area contributed by atoms with Crippen molar-refractivity contribution in [1.29, 1.82) is 5.26 Å². The van der Waals surface area contributed by atoms with Gasteiger partial charge in [0.15, 0.2) is 5.82 Å². The van der Waals surface area contributed by atoms with Crippen molar-refractivity contribution >= 4 is 28.3 Å². The lowest BCUT2D eigenvalue weighted by Gasteiger charge is -2.12. The van der Waals surface area contributed by atoms with Crippen LogP contribution in [0.25, 0.3) is 28.3 Å². The summed E-state index contributed by atoms with van der Waals surface area (Å²) in [6.07, 6.45) is 4.09. The Bertz CT molecular complexity index is 1700. The Morgan fingerprint density at radius 1 is 1.09 bits per heavy atom. The van der Waals surface area contributed by atoms with Crippen molar-refractivity contribution in [3.8, 4) is 17.7 Å². The summed E-state index contributed by atoms with van der Waals surface area (Å²) in [5.74, 6) is 1.16. The van der Waals surface area contributed by atoms with Gasteiger partial charge in [-0.25, -0.2) is 4.98 Å². The van der Waals surface area contributed by atoms with E-state index in [2.05, 4.69) is 23.0 Å². The molecular weight excluding hydrogens is 438 g/mol. The third-order valence-corrected chi connectivity index (χ3v) is 6.03. The van der Waals surface area contributed by atoms with E-state index in [1.54, 1.807) is 12.3 Å². The zero-order valence-corrected chi connectivity index (χ0v) is 19.7. The molecule has 0 unspecified atom stereocenters. The normalized spacial score (nSPS) is 11.7. The molecule has 3 aromatic heterocycles. The molecule has 5 aromatic rings. The molecule has 0 aliphatic heterocycles. The Morgan fingerprint density at radius 2 is 1.86 bits per heavy atom. The van der Waals surface area contributed by atoms with Gasteiger partial charge in [0.2, 0.25) is 5.88 Å². The van der Waals surface area contributed by atoms with Crippen molar-refractivity contribution in [1.82, 2.24) is 18.9 Å². The lowest BCUT2D eigenvalue weighted by molar-refractivity contribution is 0.460. The highest BCUT2D eigenvalue weighted by Gasteiger charge is 2.18. The Morgan fingerprint density at radius 3 is 2.57 bits per heavy atom. The van der Waals surface area contributed by atoms with Crippen molar-refractivity contribution in [3.63, 3.8) is 0 Å². The number of para-hydroxylation sites is 2. The molecule has 0 aliphatic carbocycles. The van der Waals surface area contributed by atoms with E-state index in [0.29, 0.717) is 17.2 Å². The molecule has 0 aliphatic rings. The maximum absolute atomic E-state index is 13.6. The zero-order valence-electron chi connectivity index (χ0n) is 19.7. The molecule has 172 valence electrons. The van der Waals surface area contributed by atoms with Gasteiger partial charge in [0, 0.05) is 13.2 Å². The van der Waals surface area contributed by atoms with Crippen molar-refractivity contribution in [3.05, 3.63) is 99.7 Å². The smallest absolute Gasteiger partial charge is 0.269 e. The standard InChI is InChI=1S/C28H23N5O2/c1-4-19-11-13-21(14-12-19)35-27-22(28(34)33-15-7-8-18(2)25(33)31-27)16-20(17-29)26-30-23-9-5-6-10-24(23)32(26)3/h5-16H,4H2,1-3H3/b20-16+. The van der Waals surface area contributed by atoms with Crippen LogP contribution in [0.5, 0.6) is 11.6 Å². The topological polar surface area (TPSA) is 85.2 Å². The molecule has 0 atom stereocenters. The molecule has 3 heterocycles. The van der Waals surface area contributed by atoms with E-state index < -0.39 is 0 Å². The quantitative estimate of drug-likeness (QED) is 0.331. The van der Waals surface area contributed by atoms with E-state index in [0.717, 1.165) is 23.0 Å². The fourth-order valence-corrected chi connectivity index (χ4v) is 4.08. The van der Waals surface area contributed by atoms with Crippen LogP contribution < -0.4 is 10.3 Å². The minimum atomic E-state index is -0.328. The second-order valence-corrected chi connectivity index (χ2v) is 8.27. The minimum Gasteiger partial charge on any atom is -0.438 e. The number of nitrogens with zero attached hydrogens (tertiary/aromatic N) is 5. The number of aryl methyl sites for hydroxylation is 3. The Hall–Kier alpha value is -4.70. The summed E-state index contributed by atoms with van der Waals surface area (Å²) < 4.78 is 9.43. The molecule has 0 radical (unpaired) electrons. The van der Waals surface area contributed by atoms with Gasteiger partial charge in [0.1, 0.15) is 23.0 Å². The minimum absolute atomic E-state index is 0.139. The number of benzene rings is 2. The van der Waals surface area contributed by atoms with Crippen molar-refractivity contribution in [2.45, 2.75) is 20.3 Å². The number of ether oxygens (including phenoxy) is 1. The van der Waals surface area contributed by atoms with E-state index in [9.17, 15) is 10.1 Å². The second kappa shape index (κ2) is 8.92. The first-order valence-electron chi connectivity index (χ1n) is 11.3. The van der Waals surface area contributed by atoms with Crippen LogP contribution in [0, 0.1) is 18.3 Å². The van der Waals surface area contributed by atoms with Gasteiger partial charge in [-0.2, -0.15) is 10.2 Å². The fourth-order valence-electron chi connectivity index (χ4n) is 4.08. The van der Waals surface area contributed by atoms with Gasteiger partial charge >= 0.3 is 0 Å². The van der Waals surface area contributed by atoms with Gasteiger partial charge in [-0.15, -0.1) is 0 Å². The van der Waals surface area contributed by atoms with E-state index in [1.165, 1.54) is 16.0 Å². The second-order valence-electron chi connectivity index (χ2n) is 8.27. The highest BCUT2D eigenvalue weighted by atomic mass is 16.5. The first-order valence-corrected chi connectivity index (χ1v) is 11.3. The largest absolute Gasteiger partial charge is 0.438 e. The van der Waals surface area contributed by atoms with Crippen LogP contribution in [-0.4, -0.2) is 18.9 Å². The monoisotopic (exact) mass is 461 g/mol. The van der Waals surface area contributed by atoms with Crippen LogP contribution >= 0.6 is 0 Å². The third-order valence-electron chi connectivity index (χ3n) is 6.03. The Kier molecular flexibility index (Phi) is 5.63. The van der Waals surface area contributed by atoms with Crippen LogP contribution in [0.15, 0.2) is 71.7 Å². The molecule has 5 rings (SSSR count). The summed E-state index contributed by atoms with van der Waals surface area (Å²) >= 11 is 0. The molecule has 2 aromatic carbocycles. The zero-order chi connectivity index (χ0) is 24.5. The first-order chi connectivity index (χ1) is 17.0. The number of fused-ring (bicyclic) bond motifs is 2. The van der Waals surface area contributed by atoms with Crippen LogP contribution in [0.3, 0.4) is 0 Å². The molecule has 0 bridgehead atoms. The van der Waals surface area contributed by atoms with Gasteiger partial charge in [0.25, 0.3) is 5.56 Å². The molecule has 7 nitrogen and oxygen atoms in total. The van der Waals surface area contributed by atoms with Gasteiger partial charge in [-0.3, -0.25) is 9.20 Å². The van der Waals surface area contributed by atoms with Gasteiger partial charge in [0.05, 0.1) is 16.6 Å². The summed E-state index contributed by atoms with van der Waals surface area (Å²) in [4.78, 5) is 22.9. The van der Waals surface area contributed by atoms with Gasteiger partial charge < -0.3 is 9.30 Å². The van der Waals surface area contributed by atoms with Crippen molar-refractivity contribution in [2.75, 3.05) is 0 Å². The average molecular weight is 462 g/mol. The van der Waals surface area contributed by atoms with Crippen LogP contribution in [0.1, 0.15) is 29.4 Å². The van der Waals surface area contributed by atoms with E-state index in [-0.39, 0.29) is 22.6 Å². The van der Waals surface area contributed by atoms with Crippen molar-refractivity contribution in [2.24, 2.45) is 7.05 Å². The number of imidazole rings is 1. The lowest BCUT2D eigenvalue weighted by Crippen LogP contribution is -2.19. The maximum Gasteiger partial charge on any atom is 0.269 e. The van der Waals surface area contributed by atoms with Gasteiger partial charge in [-0.1, -0.05) is 37.3 Å². The molecule has 0 fully saturated rings. The van der Waals surface area contributed by atoms with Crippen LogP contribution in [0.4, 0.5) is 0 Å². The summed E-state index contributed by atoms with van der Waals surface area (Å²) in [5, 5.41) is 10.0. The lowest BCUT2D eigenvalue weighted by atomic mass is 10.1. The van der Waals surface area contributed by atoms with E-state index >= 15 is 0 Å². The predicted octanol–water partition coefficient (Wildman–Crippen LogP) is 5.31. The molecule has 0 saturated heterocycles. The molecule has 0 amide bonds. The summed E-state index contributed by atoms with van der Waals surface area (Å²) in [6, 6.07) is 21.2. The maximum atomic E-state index is 13.6. The summed E-state index contributed by atoms with van der Waals surface area (Å²) in [6.45, 7) is 3.97. The number of aromatic nitrogens is 4. The molecule has 7 heteroatoms. The molecular formula is C28H23N5O2. The molecule has 35 heavy (non-hydrogen) atoms. The Balaban J connectivity index is 1.72. The van der Waals surface area contributed by atoms with Crippen LogP contribution in [-0.2, 0) is 13.5 Å². The number of rotatable bonds is 5. The fraction of sp³-hybridized carbons (Fsp3) is 0.143. The van der Waals surface area contributed by atoms with Crippen LogP contribution in [0.2, 0.25) is 0 Å².